The molecule has 0 aromatic heterocycles. The van der Waals surface area contributed by atoms with Crippen LogP contribution in [0.5, 0.6) is 11.5 Å². The number of phenols is 1. The van der Waals surface area contributed by atoms with E-state index >= 15 is 0 Å². The lowest BCUT2D eigenvalue weighted by atomic mass is 10.2. The number of nitrogens with one attached hydrogen (secondary N) is 2. The quantitative estimate of drug-likeness (QED) is 0.361. The summed E-state index contributed by atoms with van der Waals surface area (Å²) in [4.78, 5) is 12.5. The summed E-state index contributed by atoms with van der Waals surface area (Å²) in [5.41, 5.74) is 1.85. The Hall–Kier alpha value is -2.80. The zero-order chi connectivity index (χ0) is 20.8. The van der Waals surface area contributed by atoms with Crippen LogP contribution in [-0.2, 0) is 6.61 Å². The van der Waals surface area contributed by atoms with E-state index in [-0.39, 0.29) is 20.9 Å². The van der Waals surface area contributed by atoms with Crippen molar-refractivity contribution in [3.8, 4) is 11.5 Å². The van der Waals surface area contributed by atoms with Gasteiger partial charge in [-0.25, -0.2) is 0 Å². The van der Waals surface area contributed by atoms with E-state index in [9.17, 15) is 9.90 Å². The van der Waals surface area contributed by atoms with E-state index < -0.39 is 5.91 Å². The van der Waals surface area contributed by atoms with Crippen molar-refractivity contribution in [2.45, 2.75) is 6.61 Å². The third-order valence-electron chi connectivity index (χ3n) is 3.85. The Morgan fingerprint density at radius 3 is 2.38 bits per heavy atom. The number of benzene rings is 3. The molecule has 3 N–H and O–H groups in total. The first-order valence-electron chi connectivity index (χ1n) is 8.49. The number of amides is 1. The lowest BCUT2D eigenvalue weighted by Crippen LogP contribution is -2.34. The summed E-state index contributed by atoms with van der Waals surface area (Å²) in [6, 6.07) is 19.4. The lowest BCUT2D eigenvalue weighted by molar-refractivity contribution is 0.0977. The Morgan fingerprint density at radius 1 is 1.00 bits per heavy atom. The molecule has 0 saturated heterocycles. The van der Waals surface area contributed by atoms with Crippen LogP contribution < -0.4 is 15.4 Å². The number of rotatable bonds is 5. The molecule has 3 aromatic carbocycles. The van der Waals surface area contributed by atoms with E-state index in [0.717, 1.165) is 5.56 Å². The number of thiocarbonyl (C=S) groups is 1. The zero-order valence-corrected chi connectivity index (χ0v) is 17.3. The third-order valence-corrected chi connectivity index (χ3v) is 4.63. The molecule has 3 aromatic rings. The monoisotopic (exact) mass is 446 g/mol. The molecule has 0 fully saturated rings. The van der Waals surface area contributed by atoms with Gasteiger partial charge in [-0.15, -0.1) is 0 Å². The lowest BCUT2D eigenvalue weighted by Gasteiger charge is -2.12. The molecule has 0 bridgehead atoms. The molecule has 0 saturated carbocycles. The first-order valence-corrected chi connectivity index (χ1v) is 9.66. The molecule has 0 heterocycles. The fourth-order valence-electron chi connectivity index (χ4n) is 2.44. The SMILES string of the molecule is O=C(NC(=S)Nc1cc(Cl)c(O)c(Cl)c1)c1cccc(OCc2ccccc2)c1. The second kappa shape index (κ2) is 9.60. The highest BCUT2D eigenvalue weighted by Gasteiger charge is 2.11. The van der Waals surface area contributed by atoms with E-state index in [1.165, 1.54) is 12.1 Å². The van der Waals surface area contributed by atoms with Crippen LogP contribution >= 0.6 is 35.4 Å². The van der Waals surface area contributed by atoms with Gasteiger partial charge in [0.1, 0.15) is 12.4 Å². The molecule has 0 radical (unpaired) electrons. The molecule has 0 aliphatic heterocycles. The number of ether oxygens (including phenoxy) is 1. The summed E-state index contributed by atoms with van der Waals surface area (Å²) in [6.07, 6.45) is 0. The minimum absolute atomic E-state index is 0.0587. The maximum absolute atomic E-state index is 12.5. The minimum Gasteiger partial charge on any atom is -0.505 e. The highest BCUT2D eigenvalue weighted by molar-refractivity contribution is 7.80. The Balaban J connectivity index is 1.61. The summed E-state index contributed by atoms with van der Waals surface area (Å²) in [5, 5.41) is 15.2. The van der Waals surface area contributed by atoms with E-state index in [0.29, 0.717) is 23.6 Å². The van der Waals surface area contributed by atoms with Crippen LogP contribution in [0.2, 0.25) is 10.0 Å². The number of hydrogen-bond donors (Lipinski definition) is 3. The van der Waals surface area contributed by atoms with Crippen LogP contribution in [0.1, 0.15) is 15.9 Å². The summed E-state index contributed by atoms with van der Waals surface area (Å²) >= 11 is 16.9. The fourth-order valence-corrected chi connectivity index (χ4v) is 3.14. The maximum Gasteiger partial charge on any atom is 0.257 e. The van der Waals surface area contributed by atoms with Crippen molar-refractivity contribution >= 4 is 52.1 Å². The van der Waals surface area contributed by atoms with Crippen molar-refractivity contribution in [1.29, 1.82) is 0 Å². The van der Waals surface area contributed by atoms with Crippen LogP contribution in [0, 0.1) is 0 Å². The van der Waals surface area contributed by atoms with Crippen molar-refractivity contribution in [1.82, 2.24) is 5.32 Å². The first kappa shape index (κ1) is 20.9. The molecule has 148 valence electrons. The fraction of sp³-hybridized carbons (Fsp3) is 0.0476. The number of anilines is 1. The van der Waals surface area contributed by atoms with Crippen LogP contribution in [0.25, 0.3) is 0 Å². The van der Waals surface area contributed by atoms with Gasteiger partial charge < -0.3 is 15.2 Å². The molecule has 0 atom stereocenters. The highest BCUT2D eigenvalue weighted by atomic mass is 35.5. The van der Waals surface area contributed by atoms with E-state index in [1.54, 1.807) is 24.3 Å². The van der Waals surface area contributed by atoms with Crippen LogP contribution in [-0.4, -0.2) is 16.1 Å². The normalized spacial score (nSPS) is 10.3. The van der Waals surface area contributed by atoms with Gasteiger partial charge in [-0.05, 0) is 48.1 Å². The average molecular weight is 447 g/mol. The molecule has 5 nitrogen and oxygen atoms in total. The predicted molar refractivity (Wildman–Crippen MR) is 119 cm³/mol. The molecular weight excluding hydrogens is 431 g/mol. The Morgan fingerprint density at radius 2 is 1.69 bits per heavy atom. The summed E-state index contributed by atoms with van der Waals surface area (Å²) in [7, 11) is 0. The molecule has 29 heavy (non-hydrogen) atoms. The van der Waals surface area contributed by atoms with Crippen LogP contribution in [0.3, 0.4) is 0 Å². The molecule has 0 aliphatic carbocycles. The van der Waals surface area contributed by atoms with Gasteiger partial charge in [0.2, 0.25) is 0 Å². The van der Waals surface area contributed by atoms with Crippen LogP contribution in [0.15, 0.2) is 66.7 Å². The summed E-state index contributed by atoms with van der Waals surface area (Å²) < 4.78 is 5.74. The van der Waals surface area contributed by atoms with Crippen molar-refractivity contribution in [3.05, 3.63) is 87.9 Å². The molecule has 8 heteroatoms. The average Bonchev–Trinajstić information content (AvgIpc) is 2.71. The Kier molecular flexibility index (Phi) is 6.93. The molecule has 1 amide bonds. The standard InChI is InChI=1S/C21H16Cl2N2O3S/c22-17-10-15(11-18(23)19(17)26)24-21(29)25-20(27)14-7-4-8-16(9-14)28-12-13-5-2-1-3-6-13/h1-11,26H,12H2,(H2,24,25,27,29). The van der Waals surface area contributed by atoms with Crippen molar-refractivity contribution in [2.24, 2.45) is 0 Å². The van der Waals surface area contributed by atoms with Gasteiger partial charge in [-0.3, -0.25) is 10.1 Å². The van der Waals surface area contributed by atoms with E-state index in [2.05, 4.69) is 10.6 Å². The predicted octanol–water partition coefficient (Wildman–Crippen LogP) is 5.40. The number of halogens is 2. The number of carbonyl (C=O) groups is 1. The van der Waals surface area contributed by atoms with Crippen molar-refractivity contribution in [2.75, 3.05) is 5.32 Å². The summed E-state index contributed by atoms with van der Waals surface area (Å²) in [5.74, 6) is -0.0535. The van der Waals surface area contributed by atoms with Gasteiger partial charge in [-0.1, -0.05) is 59.6 Å². The van der Waals surface area contributed by atoms with Gasteiger partial charge in [0.25, 0.3) is 5.91 Å². The second-order valence-electron chi connectivity index (χ2n) is 6.00. The molecule has 3 rings (SSSR count). The van der Waals surface area contributed by atoms with Gasteiger partial charge >= 0.3 is 0 Å². The van der Waals surface area contributed by atoms with E-state index in [1.807, 2.05) is 30.3 Å². The van der Waals surface area contributed by atoms with Crippen molar-refractivity contribution < 1.29 is 14.6 Å². The first-order chi connectivity index (χ1) is 13.9. The largest absolute Gasteiger partial charge is 0.505 e. The summed E-state index contributed by atoms with van der Waals surface area (Å²) in [6.45, 7) is 0.397. The molecule has 0 unspecified atom stereocenters. The van der Waals surface area contributed by atoms with Gasteiger partial charge in [0.15, 0.2) is 10.9 Å². The number of phenolic OH excluding ortho intramolecular Hbond substituents is 1. The molecular formula is C21H16Cl2N2O3S. The Bertz CT molecular complexity index is 1020. The molecule has 0 spiro atoms. The highest BCUT2D eigenvalue weighted by Crippen LogP contribution is 2.34. The number of aromatic hydroxyl groups is 1. The van der Waals surface area contributed by atoms with Gasteiger partial charge in [0.05, 0.1) is 10.0 Å². The number of hydrogen-bond acceptors (Lipinski definition) is 4. The Labute approximate surface area is 183 Å². The smallest absolute Gasteiger partial charge is 0.257 e. The maximum atomic E-state index is 12.5. The van der Waals surface area contributed by atoms with E-state index in [4.69, 9.17) is 40.2 Å². The van der Waals surface area contributed by atoms with Gasteiger partial charge in [0, 0.05) is 11.3 Å². The molecule has 0 aliphatic rings. The third kappa shape index (κ3) is 5.84. The van der Waals surface area contributed by atoms with Crippen molar-refractivity contribution in [3.63, 3.8) is 0 Å². The topological polar surface area (TPSA) is 70.6 Å². The minimum atomic E-state index is -0.399. The zero-order valence-electron chi connectivity index (χ0n) is 15.0. The van der Waals surface area contributed by atoms with Crippen LogP contribution in [0.4, 0.5) is 5.69 Å². The van der Waals surface area contributed by atoms with Gasteiger partial charge in [-0.2, -0.15) is 0 Å². The second-order valence-corrected chi connectivity index (χ2v) is 7.22. The number of carbonyl (C=O) groups excluding carboxylic acids is 1.